The molecule has 4 rings (SSSR count). The van der Waals surface area contributed by atoms with E-state index < -0.39 is 49.1 Å². The van der Waals surface area contributed by atoms with Gasteiger partial charge in [0, 0.05) is 18.9 Å². The predicted molar refractivity (Wildman–Crippen MR) is 157 cm³/mol. The Kier molecular flexibility index (Phi) is 12.3. The van der Waals surface area contributed by atoms with Crippen LogP contribution >= 0.6 is 0 Å². The summed E-state index contributed by atoms with van der Waals surface area (Å²) < 4.78 is 33.9. The number of pyridine rings is 1. The van der Waals surface area contributed by atoms with E-state index in [-0.39, 0.29) is 35.7 Å². The molecule has 1 unspecified atom stereocenters. The van der Waals surface area contributed by atoms with E-state index in [2.05, 4.69) is 10.3 Å². The minimum atomic E-state index is -1.55. The number of hydrogen-bond donors (Lipinski definition) is 2. The number of methoxy groups -OCH3 is 1. The highest BCUT2D eigenvalue weighted by Crippen LogP contribution is 2.31. The number of hydrogen-bond acceptors (Lipinski definition) is 11. The highest BCUT2D eigenvalue weighted by molar-refractivity contribution is 5.96. The molecule has 1 saturated heterocycles. The number of cyclic esters (lactones) is 1. The van der Waals surface area contributed by atoms with Gasteiger partial charge in [0.15, 0.2) is 23.5 Å². The van der Waals surface area contributed by atoms with Gasteiger partial charge in [-0.3, -0.25) is 14.4 Å². The summed E-state index contributed by atoms with van der Waals surface area (Å²) in [5.41, 5.74) is 0.737. The van der Waals surface area contributed by atoms with Gasteiger partial charge in [0.05, 0.1) is 31.2 Å². The van der Waals surface area contributed by atoms with Crippen molar-refractivity contribution >= 4 is 17.8 Å². The number of rotatable bonds is 12. The Morgan fingerprint density at radius 3 is 2.59 bits per heavy atom. The molecule has 5 atom stereocenters. The number of nitrogens with zero attached hydrogens (tertiary/aromatic N) is 1. The summed E-state index contributed by atoms with van der Waals surface area (Å²) in [4.78, 5) is 43.4. The zero-order valence-corrected chi connectivity index (χ0v) is 25.4. The van der Waals surface area contributed by atoms with Gasteiger partial charge in [0.25, 0.3) is 5.91 Å². The number of aromatic nitrogens is 1. The van der Waals surface area contributed by atoms with Crippen LogP contribution in [0.2, 0.25) is 0 Å². The van der Waals surface area contributed by atoms with E-state index in [1.54, 1.807) is 6.92 Å². The number of amides is 1. The Labute approximate surface area is 257 Å². The average Bonchev–Trinajstić information content (AvgIpc) is 3.58. The van der Waals surface area contributed by atoms with Crippen LogP contribution in [0.1, 0.15) is 62.0 Å². The van der Waals surface area contributed by atoms with Crippen LogP contribution in [-0.2, 0) is 35.0 Å². The van der Waals surface area contributed by atoms with E-state index in [9.17, 15) is 19.5 Å². The number of esters is 2. The lowest BCUT2D eigenvalue weighted by Gasteiger charge is -2.31. The van der Waals surface area contributed by atoms with Crippen molar-refractivity contribution in [3.05, 3.63) is 53.9 Å². The molecule has 0 bridgehead atoms. The second-order valence-electron chi connectivity index (χ2n) is 11.0. The van der Waals surface area contributed by atoms with Crippen molar-refractivity contribution in [2.75, 3.05) is 27.1 Å². The first kappa shape index (κ1) is 33.2. The second-order valence-corrected chi connectivity index (χ2v) is 11.0. The topological polar surface area (TPSA) is 152 Å². The third-order valence-corrected chi connectivity index (χ3v) is 7.79. The van der Waals surface area contributed by atoms with Gasteiger partial charge < -0.3 is 38.8 Å². The van der Waals surface area contributed by atoms with Gasteiger partial charge in [-0.2, -0.15) is 0 Å². The van der Waals surface area contributed by atoms with E-state index in [0.29, 0.717) is 13.0 Å². The zero-order valence-electron chi connectivity index (χ0n) is 25.4. The fraction of sp³-hybridized carbons (Fsp3) is 0.562. The van der Waals surface area contributed by atoms with E-state index >= 15 is 0 Å². The first-order valence-corrected chi connectivity index (χ1v) is 15.1. The lowest BCUT2D eigenvalue weighted by atomic mass is 9.91. The summed E-state index contributed by atoms with van der Waals surface area (Å²) in [6.07, 6.45) is 2.94. The molecule has 12 nitrogen and oxygen atoms in total. The molecule has 44 heavy (non-hydrogen) atoms. The Bertz CT molecular complexity index is 1240. The van der Waals surface area contributed by atoms with Crippen LogP contribution in [-0.4, -0.2) is 79.6 Å². The van der Waals surface area contributed by atoms with Crippen LogP contribution in [0.15, 0.2) is 42.6 Å². The summed E-state index contributed by atoms with van der Waals surface area (Å²) in [7, 11) is 1.40. The molecule has 2 heterocycles. The zero-order chi connectivity index (χ0) is 31.5. The van der Waals surface area contributed by atoms with Crippen LogP contribution in [0.5, 0.6) is 11.5 Å². The van der Waals surface area contributed by atoms with Gasteiger partial charge >= 0.3 is 11.9 Å². The van der Waals surface area contributed by atoms with Gasteiger partial charge in [-0.25, -0.2) is 4.98 Å². The molecule has 1 aromatic carbocycles. The summed E-state index contributed by atoms with van der Waals surface area (Å²) in [6.45, 7) is 3.23. The lowest BCUT2D eigenvalue weighted by molar-refractivity contribution is -0.185. The minimum absolute atomic E-state index is 0.0495. The number of carbonyl (C=O) groups excluding carboxylic acids is 3. The quantitative estimate of drug-likeness (QED) is 0.268. The molecule has 2 aliphatic rings. The van der Waals surface area contributed by atoms with Gasteiger partial charge in [0.2, 0.25) is 6.79 Å². The Balaban J connectivity index is 1.48. The molecule has 0 radical (unpaired) electrons. The summed E-state index contributed by atoms with van der Waals surface area (Å²) in [5.74, 6) is -2.38. The van der Waals surface area contributed by atoms with Crippen molar-refractivity contribution < 1.29 is 47.9 Å². The van der Waals surface area contributed by atoms with Crippen molar-refractivity contribution in [1.29, 1.82) is 0 Å². The van der Waals surface area contributed by atoms with Crippen molar-refractivity contribution in [1.82, 2.24) is 10.3 Å². The molecule has 1 aliphatic heterocycles. The van der Waals surface area contributed by atoms with Gasteiger partial charge in [-0.1, -0.05) is 50.1 Å². The van der Waals surface area contributed by atoms with Crippen LogP contribution < -0.4 is 14.8 Å². The first-order valence-electron chi connectivity index (χ1n) is 15.1. The number of carbonyl (C=O) groups is 3. The smallest absolute Gasteiger partial charge is 0.312 e. The number of nitrogens with one attached hydrogen (secondary N) is 1. The molecule has 240 valence electrons. The summed E-state index contributed by atoms with van der Waals surface area (Å²) in [6, 6.07) is 9.83. The number of benzene rings is 1. The van der Waals surface area contributed by atoms with Crippen LogP contribution in [0, 0.1) is 11.8 Å². The maximum absolute atomic E-state index is 13.5. The van der Waals surface area contributed by atoms with Crippen LogP contribution in [0.4, 0.5) is 0 Å². The number of aliphatic hydroxyl groups excluding tert-OH is 1. The standard InChI is InChI=1S/C32H42N2O10/c1-4-16-40-27-20(2)44-32(38)24(18-41-31(37)23(27)17-21-10-6-5-7-11-21)34-29(35)26-28(25(39-3)14-15-33-26)42-19-43-30(36)22-12-8-9-13-22/h5-7,10-11,14-15,20,22-24,27,32,38H,4,8-9,12-13,16-19H2,1-3H3,(H,34,35)/t20-,23+,24-,27-,32?/m0/s1. The Morgan fingerprint density at radius 1 is 1.14 bits per heavy atom. The largest absolute Gasteiger partial charge is 0.493 e. The van der Waals surface area contributed by atoms with Gasteiger partial charge in [-0.05, 0) is 38.2 Å². The molecular formula is C32H42N2O10. The molecule has 2 fully saturated rings. The normalized spacial score (nSPS) is 24.4. The summed E-state index contributed by atoms with van der Waals surface area (Å²) in [5, 5.41) is 13.7. The Hall–Kier alpha value is -3.74. The third kappa shape index (κ3) is 8.67. The highest BCUT2D eigenvalue weighted by Gasteiger charge is 2.40. The monoisotopic (exact) mass is 614 g/mol. The molecule has 2 N–H and O–H groups in total. The lowest BCUT2D eigenvalue weighted by Crippen LogP contribution is -2.49. The van der Waals surface area contributed by atoms with E-state index in [4.69, 9.17) is 28.4 Å². The molecule has 1 amide bonds. The molecule has 12 heteroatoms. The first-order chi connectivity index (χ1) is 21.3. The van der Waals surface area contributed by atoms with Crippen LogP contribution in [0.3, 0.4) is 0 Å². The van der Waals surface area contributed by atoms with E-state index in [0.717, 1.165) is 37.7 Å². The molecule has 0 spiro atoms. The SMILES string of the molecule is CCCO[C@H]1[C@H](C)OC(O)[C@@H](NC(=O)c2nccc(OC)c2OCOC(=O)C2CCCC2)COC(=O)[C@@H]1Cc1ccccc1. The molecule has 1 saturated carbocycles. The van der Waals surface area contributed by atoms with Gasteiger partial charge in [0.1, 0.15) is 12.6 Å². The number of ether oxygens (including phenoxy) is 6. The minimum Gasteiger partial charge on any atom is -0.493 e. The summed E-state index contributed by atoms with van der Waals surface area (Å²) >= 11 is 0. The van der Waals surface area contributed by atoms with Crippen molar-refractivity contribution in [2.24, 2.45) is 11.8 Å². The number of aliphatic hydroxyl groups is 1. The van der Waals surface area contributed by atoms with Gasteiger partial charge in [-0.15, -0.1) is 0 Å². The predicted octanol–water partition coefficient (Wildman–Crippen LogP) is 3.19. The van der Waals surface area contributed by atoms with Crippen molar-refractivity contribution in [3.63, 3.8) is 0 Å². The fourth-order valence-corrected chi connectivity index (χ4v) is 5.46. The van der Waals surface area contributed by atoms with Crippen molar-refractivity contribution in [2.45, 2.75) is 76.9 Å². The average molecular weight is 615 g/mol. The third-order valence-electron chi connectivity index (χ3n) is 7.79. The fourth-order valence-electron chi connectivity index (χ4n) is 5.46. The highest BCUT2D eigenvalue weighted by atomic mass is 16.7. The maximum atomic E-state index is 13.5. The van der Waals surface area contributed by atoms with Crippen molar-refractivity contribution in [3.8, 4) is 11.5 Å². The van der Waals surface area contributed by atoms with E-state index in [1.165, 1.54) is 19.4 Å². The molecular weight excluding hydrogens is 572 g/mol. The molecule has 2 aromatic rings. The van der Waals surface area contributed by atoms with Crippen LogP contribution in [0.25, 0.3) is 0 Å². The molecule has 1 aliphatic carbocycles. The Morgan fingerprint density at radius 2 is 1.89 bits per heavy atom. The second kappa shape index (κ2) is 16.4. The van der Waals surface area contributed by atoms with E-state index in [1.807, 2.05) is 37.3 Å². The maximum Gasteiger partial charge on any atom is 0.312 e. The molecule has 1 aromatic heterocycles.